The minimum absolute atomic E-state index is 0.108. The Morgan fingerprint density at radius 3 is 2.76 bits per heavy atom. The first-order valence-electron chi connectivity index (χ1n) is 6.90. The van der Waals surface area contributed by atoms with Crippen LogP contribution in [0.15, 0.2) is 23.1 Å². The van der Waals surface area contributed by atoms with Gasteiger partial charge in [0.1, 0.15) is 5.75 Å². The second kappa shape index (κ2) is 6.31. The van der Waals surface area contributed by atoms with E-state index < -0.39 is 10.0 Å². The summed E-state index contributed by atoms with van der Waals surface area (Å²) in [5.41, 5.74) is 6.33. The lowest BCUT2D eigenvalue weighted by atomic mass is 10.2. The molecule has 0 aliphatic carbocycles. The van der Waals surface area contributed by atoms with Crippen LogP contribution in [-0.2, 0) is 21.3 Å². The summed E-state index contributed by atoms with van der Waals surface area (Å²) in [5.74, 6) is 0.597. The Labute approximate surface area is 125 Å². The molecule has 6 nitrogen and oxygen atoms in total. The molecular formula is C14H22N2O4S. The fraction of sp³-hybridized carbons (Fsp3) is 0.571. The molecule has 7 heteroatoms. The Kier molecular flexibility index (Phi) is 4.88. The molecule has 2 rings (SSSR count). The van der Waals surface area contributed by atoms with Crippen molar-refractivity contribution in [2.75, 3.05) is 20.3 Å². The van der Waals surface area contributed by atoms with Crippen molar-refractivity contribution in [2.45, 2.75) is 37.4 Å². The molecule has 0 spiro atoms. The molecule has 1 aliphatic rings. The summed E-state index contributed by atoms with van der Waals surface area (Å²) in [6, 6.07) is 4.60. The minimum atomic E-state index is -3.56. The van der Waals surface area contributed by atoms with Gasteiger partial charge in [-0.3, -0.25) is 0 Å². The minimum Gasteiger partial charge on any atom is -0.496 e. The van der Waals surface area contributed by atoms with Crippen molar-refractivity contribution in [3.05, 3.63) is 23.8 Å². The first-order valence-corrected chi connectivity index (χ1v) is 8.34. The number of hydrogen-bond acceptors (Lipinski definition) is 5. The van der Waals surface area contributed by atoms with E-state index in [2.05, 4.69) is 0 Å². The number of hydrogen-bond donors (Lipinski definition) is 1. The van der Waals surface area contributed by atoms with E-state index in [1.807, 2.05) is 13.8 Å². The molecule has 2 unspecified atom stereocenters. The van der Waals surface area contributed by atoms with Crippen LogP contribution in [0.1, 0.15) is 19.4 Å². The zero-order chi connectivity index (χ0) is 15.6. The molecule has 1 heterocycles. The van der Waals surface area contributed by atoms with Crippen LogP contribution in [0, 0.1) is 0 Å². The van der Waals surface area contributed by atoms with Crippen LogP contribution in [0.25, 0.3) is 0 Å². The van der Waals surface area contributed by atoms with Crippen molar-refractivity contribution in [1.82, 2.24) is 4.31 Å². The molecule has 1 fully saturated rings. The first kappa shape index (κ1) is 16.2. The molecule has 1 aliphatic heterocycles. The van der Waals surface area contributed by atoms with Crippen LogP contribution in [-0.4, -0.2) is 45.1 Å². The van der Waals surface area contributed by atoms with Crippen LogP contribution in [0.2, 0.25) is 0 Å². The molecule has 0 radical (unpaired) electrons. The third-order valence-corrected chi connectivity index (χ3v) is 5.61. The largest absolute Gasteiger partial charge is 0.496 e. The maximum absolute atomic E-state index is 12.8. The molecule has 0 aromatic heterocycles. The normalized spacial score (nSPS) is 24.0. The van der Waals surface area contributed by atoms with E-state index in [0.717, 1.165) is 0 Å². The van der Waals surface area contributed by atoms with Gasteiger partial charge < -0.3 is 15.2 Å². The van der Waals surface area contributed by atoms with Gasteiger partial charge >= 0.3 is 0 Å². The lowest BCUT2D eigenvalue weighted by molar-refractivity contribution is -0.0170. The lowest BCUT2D eigenvalue weighted by Crippen LogP contribution is -2.50. The summed E-state index contributed by atoms with van der Waals surface area (Å²) in [6.07, 6.45) is -0.108. The lowest BCUT2D eigenvalue weighted by Gasteiger charge is -2.35. The quantitative estimate of drug-likeness (QED) is 0.895. The topological polar surface area (TPSA) is 81.9 Å². The second-order valence-electron chi connectivity index (χ2n) is 5.25. The molecule has 1 saturated heterocycles. The van der Waals surface area contributed by atoms with Gasteiger partial charge in [0.2, 0.25) is 10.0 Å². The van der Waals surface area contributed by atoms with Crippen LogP contribution < -0.4 is 10.5 Å². The van der Waals surface area contributed by atoms with E-state index in [9.17, 15) is 8.42 Å². The van der Waals surface area contributed by atoms with Gasteiger partial charge in [0.05, 0.1) is 24.7 Å². The molecule has 2 atom stereocenters. The molecule has 2 N–H and O–H groups in total. The van der Waals surface area contributed by atoms with Gasteiger partial charge in [-0.1, -0.05) is 0 Å². The van der Waals surface area contributed by atoms with Crippen LogP contribution in [0.5, 0.6) is 5.75 Å². The zero-order valence-corrected chi connectivity index (χ0v) is 13.4. The molecule has 21 heavy (non-hydrogen) atoms. The number of benzene rings is 1. The number of nitrogens with two attached hydrogens (primary N) is 1. The summed E-state index contributed by atoms with van der Waals surface area (Å²) in [5, 5.41) is 0. The van der Waals surface area contributed by atoms with Gasteiger partial charge in [0, 0.05) is 24.7 Å². The molecular weight excluding hydrogens is 292 g/mol. The van der Waals surface area contributed by atoms with E-state index in [0.29, 0.717) is 24.5 Å². The smallest absolute Gasteiger partial charge is 0.243 e. The van der Waals surface area contributed by atoms with E-state index in [1.54, 1.807) is 18.2 Å². The zero-order valence-electron chi connectivity index (χ0n) is 12.6. The summed E-state index contributed by atoms with van der Waals surface area (Å²) < 4.78 is 37.8. The SMILES string of the molecule is COc1ccc(S(=O)(=O)N2CC(C)OCC2C)cc1CN. The van der Waals surface area contributed by atoms with Crippen molar-refractivity contribution < 1.29 is 17.9 Å². The van der Waals surface area contributed by atoms with Crippen LogP contribution in [0.3, 0.4) is 0 Å². The molecule has 1 aromatic carbocycles. The summed E-state index contributed by atoms with van der Waals surface area (Å²) in [4.78, 5) is 0.240. The highest BCUT2D eigenvalue weighted by molar-refractivity contribution is 7.89. The summed E-state index contributed by atoms with van der Waals surface area (Å²) in [7, 11) is -2.02. The number of nitrogens with zero attached hydrogens (tertiary/aromatic N) is 1. The Morgan fingerprint density at radius 2 is 2.14 bits per heavy atom. The number of methoxy groups -OCH3 is 1. The average molecular weight is 314 g/mol. The third-order valence-electron chi connectivity index (χ3n) is 3.63. The van der Waals surface area contributed by atoms with Gasteiger partial charge in [-0.05, 0) is 32.0 Å². The second-order valence-corrected chi connectivity index (χ2v) is 7.14. The average Bonchev–Trinajstić information content (AvgIpc) is 2.48. The van der Waals surface area contributed by atoms with Crippen molar-refractivity contribution in [1.29, 1.82) is 0 Å². The van der Waals surface area contributed by atoms with Crippen molar-refractivity contribution >= 4 is 10.0 Å². The van der Waals surface area contributed by atoms with Crippen molar-refractivity contribution in [3.8, 4) is 5.75 Å². The third kappa shape index (κ3) is 3.21. The Balaban J connectivity index is 2.39. The molecule has 0 amide bonds. The number of morpholine rings is 1. The van der Waals surface area contributed by atoms with Gasteiger partial charge in [-0.25, -0.2) is 8.42 Å². The summed E-state index contributed by atoms with van der Waals surface area (Å²) >= 11 is 0. The highest BCUT2D eigenvalue weighted by atomic mass is 32.2. The Hall–Kier alpha value is -1.15. The van der Waals surface area contributed by atoms with Crippen LogP contribution >= 0.6 is 0 Å². The Morgan fingerprint density at radius 1 is 1.43 bits per heavy atom. The van der Waals surface area contributed by atoms with Crippen molar-refractivity contribution in [2.24, 2.45) is 5.73 Å². The van der Waals surface area contributed by atoms with E-state index in [4.69, 9.17) is 15.2 Å². The highest BCUT2D eigenvalue weighted by Gasteiger charge is 2.34. The maximum Gasteiger partial charge on any atom is 0.243 e. The van der Waals surface area contributed by atoms with E-state index >= 15 is 0 Å². The predicted octanol–water partition coefficient (Wildman–Crippen LogP) is 0.952. The molecule has 0 saturated carbocycles. The number of sulfonamides is 1. The standard InChI is InChI=1S/C14H22N2O4S/c1-10-9-20-11(2)8-16(10)21(17,18)13-4-5-14(19-3)12(6-13)7-15/h4-6,10-11H,7-9,15H2,1-3H3. The Bertz CT molecular complexity index is 603. The fourth-order valence-corrected chi connectivity index (χ4v) is 4.16. The van der Waals surface area contributed by atoms with Crippen LogP contribution in [0.4, 0.5) is 0 Å². The van der Waals surface area contributed by atoms with Crippen molar-refractivity contribution in [3.63, 3.8) is 0 Å². The van der Waals surface area contributed by atoms with Gasteiger partial charge in [-0.15, -0.1) is 0 Å². The summed E-state index contributed by atoms with van der Waals surface area (Å²) in [6.45, 7) is 4.69. The van der Waals surface area contributed by atoms with Gasteiger partial charge in [-0.2, -0.15) is 4.31 Å². The number of ether oxygens (including phenoxy) is 2. The number of rotatable bonds is 4. The van der Waals surface area contributed by atoms with E-state index in [-0.39, 0.29) is 23.6 Å². The molecule has 1 aromatic rings. The maximum atomic E-state index is 12.8. The molecule has 0 bridgehead atoms. The monoisotopic (exact) mass is 314 g/mol. The van der Waals surface area contributed by atoms with Gasteiger partial charge in [0.15, 0.2) is 0 Å². The first-order chi connectivity index (χ1) is 9.90. The van der Waals surface area contributed by atoms with Gasteiger partial charge in [0.25, 0.3) is 0 Å². The fourth-order valence-electron chi connectivity index (χ4n) is 2.42. The highest BCUT2D eigenvalue weighted by Crippen LogP contribution is 2.27. The predicted molar refractivity (Wildman–Crippen MR) is 79.7 cm³/mol. The molecule has 118 valence electrons. The van der Waals surface area contributed by atoms with E-state index in [1.165, 1.54) is 11.4 Å².